The van der Waals surface area contributed by atoms with E-state index in [4.69, 9.17) is 0 Å². The third-order valence-electron chi connectivity index (χ3n) is 2.04. The number of rotatable bonds is 2. The molecule has 0 amide bonds. The average Bonchev–Trinajstić information content (AvgIpc) is 2.60. The van der Waals surface area contributed by atoms with Gasteiger partial charge in [0, 0.05) is 14.5 Å². The lowest BCUT2D eigenvalue weighted by Gasteiger charge is -2.00. The fourth-order valence-electron chi connectivity index (χ4n) is 1.34. The number of alkyl halides is 1. The number of thioether (sulfide) groups is 1. The molecule has 0 saturated heterocycles. The van der Waals surface area contributed by atoms with Gasteiger partial charge in [-0.1, -0.05) is 37.9 Å². The summed E-state index contributed by atoms with van der Waals surface area (Å²) in [6.45, 7) is 0. The second kappa shape index (κ2) is 4.56. The van der Waals surface area contributed by atoms with E-state index in [0.717, 1.165) is 5.33 Å². The van der Waals surface area contributed by atoms with Gasteiger partial charge < -0.3 is 0 Å². The van der Waals surface area contributed by atoms with Gasteiger partial charge in [0.25, 0.3) is 0 Å². The van der Waals surface area contributed by atoms with Crippen LogP contribution in [0.1, 0.15) is 5.56 Å². The van der Waals surface area contributed by atoms with Gasteiger partial charge in [0.15, 0.2) is 0 Å². The zero-order valence-electron chi connectivity index (χ0n) is 7.51. The van der Waals surface area contributed by atoms with E-state index in [1.807, 2.05) is 23.1 Å². The quantitative estimate of drug-likeness (QED) is 0.523. The van der Waals surface area contributed by atoms with Crippen molar-refractivity contribution in [3.05, 3.63) is 28.2 Å². The standard InChI is InChI=1S/C10H8Br2S2/c1-13-9-4-6-2-3-8(12)7(5-11)10(6)14-9/h2-4H,5H2,1H3. The van der Waals surface area contributed by atoms with Crippen LogP contribution in [0.3, 0.4) is 0 Å². The summed E-state index contributed by atoms with van der Waals surface area (Å²) in [7, 11) is 0. The van der Waals surface area contributed by atoms with Gasteiger partial charge in [-0.3, -0.25) is 0 Å². The molecule has 0 spiro atoms. The maximum atomic E-state index is 3.58. The van der Waals surface area contributed by atoms with Gasteiger partial charge in [0.05, 0.1) is 4.21 Å². The number of fused-ring (bicyclic) bond motifs is 1. The lowest BCUT2D eigenvalue weighted by atomic mass is 10.2. The second-order valence-electron chi connectivity index (χ2n) is 2.85. The summed E-state index contributed by atoms with van der Waals surface area (Å²) in [6.07, 6.45) is 2.12. The van der Waals surface area contributed by atoms with Gasteiger partial charge >= 0.3 is 0 Å². The fraction of sp³-hybridized carbons (Fsp3) is 0.200. The molecular formula is C10H8Br2S2. The molecule has 2 rings (SSSR count). The Labute approximate surface area is 108 Å². The van der Waals surface area contributed by atoms with Crippen LogP contribution >= 0.6 is 55.0 Å². The zero-order valence-corrected chi connectivity index (χ0v) is 12.3. The summed E-state index contributed by atoms with van der Waals surface area (Å²) < 4.78 is 3.96. The largest absolute Gasteiger partial charge is 0.128 e. The topological polar surface area (TPSA) is 0 Å². The van der Waals surface area contributed by atoms with Crippen LogP contribution < -0.4 is 0 Å². The Morgan fingerprint density at radius 2 is 2.21 bits per heavy atom. The predicted molar refractivity (Wildman–Crippen MR) is 73.9 cm³/mol. The van der Waals surface area contributed by atoms with Crippen molar-refractivity contribution in [2.45, 2.75) is 9.54 Å². The SMILES string of the molecule is CSc1cc2ccc(Br)c(CBr)c2s1. The molecule has 4 heteroatoms. The highest BCUT2D eigenvalue weighted by atomic mass is 79.9. The number of halogens is 2. The Hall–Kier alpha value is 0.490. The van der Waals surface area contributed by atoms with Crippen LogP contribution in [0.4, 0.5) is 0 Å². The lowest BCUT2D eigenvalue weighted by Crippen LogP contribution is -1.79. The minimum atomic E-state index is 0.902. The highest BCUT2D eigenvalue weighted by molar-refractivity contribution is 9.10. The van der Waals surface area contributed by atoms with Crippen molar-refractivity contribution < 1.29 is 0 Å². The first-order valence-corrected chi connectivity index (χ1v) is 8.02. The molecule has 0 aliphatic heterocycles. The molecule has 0 fully saturated rings. The highest BCUT2D eigenvalue weighted by Crippen LogP contribution is 2.37. The number of hydrogen-bond donors (Lipinski definition) is 0. The molecule has 0 bridgehead atoms. The van der Waals surface area contributed by atoms with E-state index in [2.05, 4.69) is 56.3 Å². The van der Waals surface area contributed by atoms with Gasteiger partial charge in [0.2, 0.25) is 0 Å². The van der Waals surface area contributed by atoms with E-state index in [1.54, 1.807) is 0 Å². The first-order valence-electron chi connectivity index (χ1n) is 4.07. The third kappa shape index (κ3) is 1.90. The third-order valence-corrected chi connectivity index (χ3v) is 5.62. The number of benzene rings is 1. The Morgan fingerprint density at radius 1 is 1.43 bits per heavy atom. The van der Waals surface area contributed by atoms with Gasteiger partial charge in [-0.25, -0.2) is 0 Å². The van der Waals surface area contributed by atoms with Gasteiger partial charge in [-0.05, 0) is 29.3 Å². The lowest BCUT2D eigenvalue weighted by molar-refractivity contribution is 1.47. The van der Waals surface area contributed by atoms with Crippen LogP contribution in [-0.4, -0.2) is 6.26 Å². The summed E-state index contributed by atoms with van der Waals surface area (Å²) in [4.78, 5) is 0. The molecule has 0 nitrogen and oxygen atoms in total. The monoisotopic (exact) mass is 350 g/mol. The highest BCUT2D eigenvalue weighted by Gasteiger charge is 2.08. The molecule has 0 saturated carbocycles. The van der Waals surface area contributed by atoms with Crippen LogP contribution in [0.25, 0.3) is 10.1 Å². The Morgan fingerprint density at radius 3 is 2.86 bits per heavy atom. The van der Waals surface area contributed by atoms with Gasteiger partial charge in [-0.2, -0.15) is 0 Å². The Kier molecular flexibility index (Phi) is 3.58. The normalized spacial score (nSPS) is 11.1. The maximum absolute atomic E-state index is 3.58. The smallest absolute Gasteiger partial charge is 0.0608 e. The van der Waals surface area contributed by atoms with Crippen LogP contribution in [0.5, 0.6) is 0 Å². The molecule has 0 N–H and O–H groups in total. The molecule has 2 aromatic rings. The van der Waals surface area contributed by atoms with E-state index in [9.17, 15) is 0 Å². The Balaban J connectivity index is 2.73. The minimum Gasteiger partial charge on any atom is -0.128 e. The van der Waals surface area contributed by atoms with E-state index >= 15 is 0 Å². The fourth-order valence-corrected chi connectivity index (χ4v) is 4.85. The summed E-state index contributed by atoms with van der Waals surface area (Å²) in [6, 6.07) is 6.54. The molecule has 14 heavy (non-hydrogen) atoms. The minimum absolute atomic E-state index is 0.902. The van der Waals surface area contributed by atoms with Crippen molar-refractivity contribution in [2.24, 2.45) is 0 Å². The molecule has 0 aliphatic carbocycles. The second-order valence-corrected chi connectivity index (χ2v) is 6.42. The summed E-state index contributed by atoms with van der Waals surface area (Å²) in [5.74, 6) is 0. The van der Waals surface area contributed by atoms with Crippen molar-refractivity contribution in [3.63, 3.8) is 0 Å². The van der Waals surface area contributed by atoms with Crippen LogP contribution in [-0.2, 0) is 5.33 Å². The van der Waals surface area contributed by atoms with E-state index in [0.29, 0.717) is 0 Å². The van der Waals surface area contributed by atoms with Crippen LogP contribution in [0.2, 0.25) is 0 Å². The molecule has 74 valence electrons. The van der Waals surface area contributed by atoms with Crippen molar-refractivity contribution in [1.29, 1.82) is 0 Å². The summed E-state index contributed by atoms with van der Waals surface area (Å²) >= 11 is 10.8. The van der Waals surface area contributed by atoms with Crippen molar-refractivity contribution >= 4 is 65.0 Å². The summed E-state index contributed by atoms with van der Waals surface area (Å²) in [5, 5.41) is 2.25. The van der Waals surface area contributed by atoms with E-state index < -0.39 is 0 Å². The van der Waals surface area contributed by atoms with Gasteiger partial charge in [-0.15, -0.1) is 23.1 Å². The molecule has 0 atom stereocenters. The number of hydrogen-bond acceptors (Lipinski definition) is 2. The van der Waals surface area contributed by atoms with E-state index in [-0.39, 0.29) is 0 Å². The molecule has 1 aromatic carbocycles. The molecular weight excluding hydrogens is 344 g/mol. The average molecular weight is 352 g/mol. The Bertz CT molecular complexity index is 462. The zero-order chi connectivity index (χ0) is 10.1. The molecule has 0 radical (unpaired) electrons. The summed E-state index contributed by atoms with van der Waals surface area (Å²) in [5.41, 5.74) is 1.35. The van der Waals surface area contributed by atoms with Gasteiger partial charge in [0.1, 0.15) is 0 Å². The molecule has 1 aromatic heterocycles. The molecule has 0 unspecified atom stereocenters. The molecule has 1 heterocycles. The first-order chi connectivity index (χ1) is 6.76. The maximum Gasteiger partial charge on any atom is 0.0608 e. The van der Waals surface area contributed by atoms with Crippen LogP contribution in [0, 0.1) is 0 Å². The first kappa shape index (κ1) is 11.0. The van der Waals surface area contributed by atoms with E-state index in [1.165, 1.54) is 24.3 Å². The molecule has 0 aliphatic rings. The predicted octanol–water partition coefficient (Wildman–Crippen LogP) is 5.28. The number of thiophene rings is 1. The van der Waals surface area contributed by atoms with Crippen molar-refractivity contribution in [1.82, 2.24) is 0 Å². The van der Waals surface area contributed by atoms with Crippen LogP contribution in [0.15, 0.2) is 26.9 Å². The van der Waals surface area contributed by atoms with Crippen molar-refractivity contribution in [3.8, 4) is 0 Å². The van der Waals surface area contributed by atoms with Crippen molar-refractivity contribution in [2.75, 3.05) is 6.26 Å².